The second-order valence-corrected chi connectivity index (χ2v) is 18.2. The van der Waals surface area contributed by atoms with Crippen molar-refractivity contribution in [1.29, 1.82) is 0 Å². The van der Waals surface area contributed by atoms with Crippen LogP contribution in [0.2, 0.25) is 0 Å². The normalized spacial score (nSPS) is 24.8. The highest BCUT2D eigenvalue weighted by atomic mass is 16.5. The molecule has 9 rings (SSSR count). The molecule has 2 saturated carbocycles. The van der Waals surface area contributed by atoms with Gasteiger partial charge in [-0.15, -0.1) is 0 Å². The predicted octanol–water partition coefficient (Wildman–Crippen LogP) is 4.10. The third-order valence-electron chi connectivity index (χ3n) is 14.6. The summed E-state index contributed by atoms with van der Waals surface area (Å²) >= 11 is 0. The van der Waals surface area contributed by atoms with Crippen LogP contribution in [0.4, 0.5) is 17.5 Å². The van der Waals surface area contributed by atoms with Crippen molar-refractivity contribution in [3.05, 3.63) is 59.0 Å². The molecular formula is C45H59N11O6. The lowest BCUT2D eigenvalue weighted by Crippen LogP contribution is -2.55. The lowest BCUT2D eigenvalue weighted by Gasteiger charge is -2.49. The quantitative estimate of drug-likeness (QED) is 0.196. The monoisotopic (exact) mass is 849 g/mol. The molecule has 17 heteroatoms. The van der Waals surface area contributed by atoms with Crippen LogP contribution in [0.15, 0.2) is 36.8 Å². The number of carbonyl (C=O) groups excluding carboxylic acids is 5. The first-order valence-electron chi connectivity index (χ1n) is 22.7. The Morgan fingerprint density at radius 1 is 0.887 bits per heavy atom. The number of ether oxygens (including phenoxy) is 1. The van der Waals surface area contributed by atoms with Crippen molar-refractivity contribution < 1.29 is 28.7 Å². The number of aromatic nitrogens is 4. The lowest BCUT2D eigenvalue weighted by atomic mass is 9.66. The molecule has 1 atom stereocenters. The summed E-state index contributed by atoms with van der Waals surface area (Å²) in [4.78, 5) is 81.8. The number of likely N-dealkylation sites (tertiary alicyclic amines) is 1. The molecule has 0 bridgehead atoms. The maximum Gasteiger partial charge on any atom is 0.343 e. The summed E-state index contributed by atoms with van der Waals surface area (Å²) in [5, 5.41) is 13.3. The molecule has 3 saturated heterocycles. The number of anilines is 3. The van der Waals surface area contributed by atoms with Gasteiger partial charge in [0.05, 0.1) is 18.5 Å². The fraction of sp³-hybridized carbons (Fsp3) is 0.600. The Morgan fingerprint density at radius 3 is 2.26 bits per heavy atom. The number of imide groups is 1. The van der Waals surface area contributed by atoms with Crippen LogP contribution in [0.25, 0.3) is 0 Å². The Bertz CT molecular complexity index is 2180. The average Bonchev–Trinajstić information content (AvgIpc) is 3.85. The molecule has 1 aromatic carbocycles. The van der Waals surface area contributed by atoms with E-state index in [2.05, 4.69) is 40.8 Å². The predicted molar refractivity (Wildman–Crippen MR) is 230 cm³/mol. The molecule has 6 heterocycles. The molecule has 3 aromatic rings. The van der Waals surface area contributed by atoms with Crippen LogP contribution in [0.1, 0.15) is 121 Å². The van der Waals surface area contributed by atoms with Gasteiger partial charge in [0.25, 0.3) is 11.8 Å². The van der Waals surface area contributed by atoms with Crippen molar-refractivity contribution in [2.75, 3.05) is 56.5 Å². The molecule has 62 heavy (non-hydrogen) atoms. The first-order chi connectivity index (χ1) is 30.0. The number of hydrogen-bond donors (Lipinski definition) is 3. The van der Waals surface area contributed by atoms with Gasteiger partial charge in [0, 0.05) is 101 Å². The molecule has 0 unspecified atom stereocenters. The Hall–Kier alpha value is -5.42. The smallest absolute Gasteiger partial charge is 0.343 e. The van der Waals surface area contributed by atoms with E-state index in [0.717, 1.165) is 89.0 Å². The van der Waals surface area contributed by atoms with Crippen molar-refractivity contribution in [2.45, 2.75) is 115 Å². The maximum absolute atomic E-state index is 13.7. The highest BCUT2D eigenvalue weighted by Gasteiger charge is 2.42. The number of fused-ring (bicyclic) bond motifs is 1. The molecule has 2 aliphatic carbocycles. The third-order valence-corrected chi connectivity index (χ3v) is 14.6. The van der Waals surface area contributed by atoms with Crippen LogP contribution < -0.4 is 16.0 Å². The second-order valence-electron chi connectivity index (χ2n) is 18.2. The zero-order valence-corrected chi connectivity index (χ0v) is 35.9. The maximum atomic E-state index is 13.7. The molecule has 4 aliphatic heterocycles. The van der Waals surface area contributed by atoms with Crippen molar-refractivity contribution >= 4 is 47.1 Å². The molecule has 0 radical (unpaired) electrons. The van der Waals surface area contributed by atoms with E-state index in [1.165, 1.54) is 36.8 Å². The minimum Gasteiger partial charge on any atom is -0.462 e. The molecule has 17 nitrogen and oxygen atoms in total. The average molecular weight is 850 g/mol. The minimum atomic E-state index is -0.671. The van der Waals surface area contributed by atoms with Gasteiger partial charge in [-0.1, -0.05) is 0 Å². The van der Waals surface area contributed by atoms with E-state index in [1.807, 2.05) is 24.2 Å². The van der Waals surface area contributed by atoms with E-state index >= 15 is 0 Å². The third kappa shape index (κ3) is 8.78. The Labute approximate surface area is 362 Å². The molecular weight excluding hydrogens is 791 g/mol. The van der Waals surface area contributed by atoms with E-state index in [1.54, 1.807) is 29.9 Å². The largest absolute Gasteiger partial charge is 0.462 e. The summed E-state index contributed by atoms with van der Waals surface area (Å²) in [6, 6.07) is 6.00. The van der Waals surface area contributed by atoms with Crippen molar-refractivity contribution in [3.63, 3.8) is 0 Å². The van der Waals surface area contributed by atoms with Crippen LogP contribution in [-0.2, 0) is 27.9 Å². The van der Waals surface area contributed by atoms with E-state index in [-0.39, 0.29) is 43.3 Å². The SMILES string of the molecule is CCOC(=O)c1cnc(Nc2cnn(C)c2)nc1NC1CCC(N2CCN(C3CCC4(CC3)CCN(C(=O)c3ccc5c(c3)CN([C@H]3CCC(=O)NC3=O)C5=O)CC4)CC2)CC1. The van der Waals surface area contributed by atoms with Gasteiger partial charge < -0.3 is 25.2 Å². The summed E-state index contributed by atoms with van der Waals surface area (Å²) in [6.45, 7) is 8.22. The highest BCUT2D eigenvalue weighted by molar-refractivity contribution is 6.06. The van der Waals surface area contributed by atoms with Gasteiger partial charge in [0.1, 0.15) is 17.4 Å². The van der Waals surface area contributed by atoms with Gasteiger partial charge in [-0.3, -0.25) is 39.0 Å². The van der Waals surface area contributed by atoms with Crippen LogP contribution in [0, 0.1) is 5.41 Å². The van der Waals surface area contributed by atoms with Gasteiger partial charge >= 0.3 is 5.97 Å². The van der Waals surface area contributed by atoms with Gasteiger partial charge in [-0.2, -0.15) is 10.1 Å². The first kappa shape index (κ1) is 41.9. The summed E-state index contributed by atoms with van der Waals surface area (Å²) in [7, 11) is 1.84. The Kier molecular flexibility index (Phi) is 12.0. The molecule has 3 N–H and O–H groups in total. The zero-order chi connectivity index (χ0) is 43.0. The van der Waals surface area contributed by atoms with Gasteiger partial charge in [0.15, 0.2) is 0 Å². The van der Waals surface area contributed by atoms with Gasteiger partial charge in [0.2, 0.25) is 17.8 Å². The number of nitrogens with zero attached hydrogens (tertiary/aromatic N) is 8. The van der Waals surface area contributed by atoms with E-state index in [4.69, 9.17) is 4.74 Å². The number of nitrogens with one attached hydrogen (secondary N) is 3. The molecule has 5 fully saturated rings. The summed E-state index contributed by atoms with van der Waals surface area (Å²) < 4.78 is 7.02. The molecule has 4 amide bonds. The zero-order valence-electron chi connectivity index (χ0n) is 35.9. The lowest BCUT2D eigenvalue weighted by molar-refractivity contribution is -0.136. The first-order valence-corrected chi connectivity index (χ1v) is 22.7. The second kappa shape index (κ2) is 17.8. The standard InChI is InChI=1S/C45H59N11O6/c1-3-62-43(61)36-26-46-44(49-32-25-47-52(2)28-32)51-39(36)48-31-5-7-33(8-6-31)53-20-22-54(23-21-53)34-12-14-45(15-13-34)16-18-55(19-17-45)41(59)29-4-9-35-30(24-29)27-56(42(35)60)37-10-11-38(57)50-40(37)58/h4,9,24-26,28,31,33-34,37H,3,5-8,10-23,27H2,1-2H3,(H,50,57,58)(H2,46,48,49,51)/t31?,33?,37-/m0/s1. The van der Waals surface area contributed by atoms with E-state index in [9.17, 15) is 24.0 Å². The van der Waals surface area contributed by atoms with Crippen molar-refractivity contribution in [3.8, 4) is 0 Å². The number of hydrogen-bond acceptors (Lipinski definition) is 13. The number of aryl methyl sites for hydroxylation is 1. The number of benzene rings is 1. The molecule has 330 valence electrons. The molecule has 6 aliphatic rings. The number of piperazine rings is 1. The highest BCUT2D eigenvalue weighted by Crippen LogP contribution is 2.46. The summed E-state index contributed by atoms with van der Waals surface area (Å²) in [5.74, 6) is -0.513. The number of piperidine rings is 2. The molecule has 2 aromatic heterocycles. The van der Waals surface area contributed by atoms with Crippen LogP contribution in [0.3, 0.4) is 0 Å². The van der Waals surface area contributed by atoms with E-state index in [0.29, 0.717) is 52.4 Å². The van der Waals surface area contributed by atoms with Crippen LogP contribution in [-0.4, -0.2) is 139 Å². The van der Waals surface area contributed by atoms with Crippen LogP contribution >= 0.6 is 0 Å². The Morgan fingerprint density at radius 2 is 1.60 bits per heavy atom. The van der Waals surface area contributed by atoms with Crippen molar-refractivity contribution in [1.82, 2.24) is 44.7 Å². The number of carbonyl (C=O) groups is 5. The van der Waals surface area contributed by atoms with Gasteiger partial charge in [-0.05, 0) is 107 Å². The van der Waals surface area contributed by atoms with Crippen LogP contribution in [0.5, 0.6) is 0 Å². The summed E-state index contributed by atoms with van der Waals surface area (Å²) in [5.41, 5.74) is 3.27. The fourth-order valence-corrected chi connectivity index (χ4v) is 10.9. The van der Waals surface area contributed by atoms with Gasteiger partial charge in [-0.25, -0.2) is 9.78 Å². The Balaban J connectivity index is 0.710. The number of amides is 4. The summed E-state index contributed by atoms with van der Waals surface area (Å²) in [6.07, 6.45) is 16.7. The minimum absolute atomic E-state index is 0.00329. The topological polar surface area (TPSA) is 187 Å². The number of rotatable bonds is 10. The van der Waals surface area contributed by atoms with E-state index < -0.39 is 17.9 Å². The fourth-order valence-electron chi connectivity index (χ4n) is 10.9. The number of esters is 1. The van der Waals surface area contributed by atoms with Crippen molar-refractivity contribution in [2.24, 2.45) is 12.5 Å². The molecule has 1 spiro atoms.